The average molecular weight is 351 g/mol. The summed E-state index contributed by atoms with van der Waals surface area (Å²) in [5.41, 5.74) is 0.682. The monoisotopic (exact) mass is 350 g/mol. The Balaban J connectivity index is 2.41. The number of amides is 3. The Morgan fingerprint density at radius 3 is 2.00 bits per heavy atom. The van der Waals surface area contributed by atoms with Crippen molar-refractivity contribution < 1.29 is 14.4 Å². The third-order valence-corrected chi connectivity index (χ3v) is 3.53. The lowest BCUT2D eigenvalue weighted by Gasteiger charge is -2.25. The first-order valence-corrected chi connectivity index (χ1v) is 7.27. The maximum atomic E-state index is 12.7. The topological polar surface area (TPSA) is 57.7 Å². The van der Waals surface area contributed by atoms with E-state index in [1.165, 1.54) is 24.1 Å². The van der Waals surface area contributed by atoms with Gasteiger partial charge in [0.05, 0.1) is 5.69 Å². The van der Waals surface area contributed by atoms with Crippen molar-refractivity contribution in [1.82, 2.24) is 0 Å². The first-order chi connectivity index (χ1) is 10.9. The van der Waals surface area contributed by atoms with Gasteiger partial charge in [0.2, 0.25) is 6.29 Å². The zero-order valence-electron chi connectivity index (χ0n) is 12.1. The molecule has 0 N–H and O–H groups in total. The van der Waals surface area contributed by atoms with Gasteiger partial charge in [0.15, 0.2) is 0 Å². The molecule has 0 unspecified atom stereocenters. The predicted octanol–water partition coefficient (Wildman–Crippen LogP) is 3.78. The number of carbonyl (C=O) groups is 3. The van der Waals surface area contributed by atoms with Crippen molar-refractivity contribution in [3.63, 3.8) is 0 Å². The maximum absolute atomic E-state index is 12.7. The quantitative estimate of drug-likeness (QED) is 0.625. The minimum Gasteiger partial charge on any atom is -0.297 e. The van der Waals surface area contributed by atoms with E-state index in [1.807, 2.05) is 0 Å². The number of hydrogen-bond acceptors (Lipinski definition) is 3. The molecule has 23 heavy (non-hydrogen) atoms. The van der Waals surface area contributed by atoms with Crippen LogP contribution in [0.4, 0.5) is 16.2 Å². The fraction of sp³-hybridized carbons (Fsp3) is 0.0625. The summed E-state index contributed by atoms with van der Waals surface area (Å²) >= 11 is 11.8. The molecule has 0 bridgehead atoms. The molecular weight excluding hydrogens is 339 g/mol. The Morgan fingerprint density at radius 1 is 0.957 bits per heavy atom. The zero-order chi connectivity index (χ0) is 17.0. The van der Waals surface area contributed by atoms with Crippen molar-refractivity contribution >= 4 is 52.8 Å². The Bertz CT molecular complexity index is 764. The molecular formula is C16H12Cl2N2O3. The molecule has 0 aliphatic rings. The molecule has 0 atom stereocenters. The van der Waals surface area contributed by atoms with Gasteiger partial charge in [0.1, 0.15) is 0 Å². The smallest absolute Gasteiger partial charge is 0.297 e. The van der Waals surface area contributed by atoms with E-state index < -0.39 is 11.9 Å². The van der Waals surface area contributed by atoms with Gasteiger partial charge < -0.3 is 0 Å². The molecule has 5 nitrogen and oxygen atoms in total. The molecule has 0 saturated heterocycles. The van der Waals surface area contributed by atoms with Crippen LogP contribution in [-0.4, -0.2) is 25.3 Å². The molecule has 0 aromatic heterocycles. The number of carbonyl (C=O) groups excluding carboxylic acids is 3. The number of anilines is 2. The van der Waals surface area contributed by atoms with Gasteiger partial charge in [-0.2, -0.15) is 0 Å². The lowest BCUT2D eigenvalue weighted by molar-refractivity contribution is -0.129. The fourth-order valence-electron chi connectivity index (χ4n) is 1.95. The maximum Gasteiger partial charge on any atom is 0.335 e. The predicted molar refractivity (Wildman–Crippen MR) is 90.3 cm³/mol. The highest BCUT2D eigenvalue weighted by Crippen LogP contribution is 2.24. The molecule has 2 aromatic carbocycles. The van der Waals surface area contributed by atoms with Crippen LogP contribution in [0, 0.1) is 0 Å². The molecule has 7 heteroatoms. The molecule has 0 aliphatic carbocycles. The Hall–Kier alpha value is -2.37. The molecule has 0 spiro atoms. The molecule has 118 valence electrons. The number of urea groups is 1. The summed E-state index contributed by atoms with van der Waals surface area (Å²) in [6.45, 7) is 0. The van der Waals surface area contributed by atoms with E-state index >= 15 is 0 Å². The second-order valence-electron chi connectivity index (χ2n) is 4.59. The molecule has 0 saturated carbocycles. The summed E-state index contributed by atoms with van der Waals surface area (Å²) in [6.07, 6.45) is 0.0740. The van der Waals surface area contributed by atoms with E-state index in [9.17, 15) is 14.4 Å². The molecule has 0 heterocycles. The van der Waals surface area contributed by atoms with Gasteiger partial charge in [0, 0.05) is 22.8 Å². The van der Waals surface area contributed by atoms with Crippen LogP contribution in [0.3, 0.4) is 0 Å². The van der Waals surface area contributed by atoms with E-state index in [4.69, 9.17) is 23.2 Å². The highest BCUT2D eigenvalue weighted by atomic mass is 35.5. The first-order valence-electron chi connectivity index (χ1n) is 6.52. The number of aldehydes is 1. The van der Waals surface area contributed by atoms with Crippen LogP contribution in [0.2, 0.25) is 10.0 Å². The van der Waals surface area contributed by atoms with Gasteiger partial charge in [-0.05, 0) is 36.4 Å². The van der Waals surface area contributed by atoms with Crippen molar-refractivity contribution in [1.29, 1.82) is 0 Å². The van der Waals surface area contributed by atoms with E-state index in [0.717, 1.165) is 4.90 Å². The highest BCUT2D eigenvalue weighted by molar-refractivity contribution is 6.39. The van der Waals surface area contributed by atoms with E-state index in [0.29, 0.717) is 15.7 Å². The summed E-state index contributed by atoms with van der Waals surface area (Å²) < 4.78 is 0. The Kier molecular flexibility index (Phi) is 5.36. The van der Waals surface area contributed by atoms with Crippen molar-refractivity contribution in [3.8, 4) is 0 Å². The second-order valence-corrected chi connectivity index (χ2v) is 5.47. The minimum atomic E-state index is -0.994. The van der Waals surface area contributed by atoms with Crippen LogP contribution in [0.15, 0.2) is 48.5 Å². The lowest BCUT2D eigenvalue weighted by Crippen LogP contribution is -2.45. The van der Waals surface area contributed by atoms with Gasteiger partial charge in [-0.25, -0.2) is 9.69 Å². The molecule has 0 fully saturated rings. The van der Waals surface area contributed by atoms with Crippen molar-refractivity contribution in [3.05, 3.63) is 58.6 Å². The largest absolute Gasteiger partial charge is 0.335 e. The summed E-state index contributed by atoms with van der Waals surface area (Å²) in [4.78, 5) is 37.4. The highest BCUT2D eigenvalue weighted by Gasteiger charge is 2.27. The van der Waals surface area contributed by atoms with Crippen molar-refractivity contribution in [2.24, 2.45) is 0 Å². The number of imide groups is 1. The summed E-state index contributed by atoms with van der Waals surface area (Å²) in [5.74, 6) is -0.994. The lowest BCUT2D eigenvalue weighted by atomic mass is 10.2. The van der Waals surface area contributed by atoms with Crippen molar-refractivity contribution in [2.75, 3.05) is 16.8 Å². The standard InChI is InChI=1S/C16H12Cl2N2O3/c1-19(13-6-2-4-11(17)8-13)16(23)20(15(22)10-21)14-7-3-5-12(18)9-14/h2-10H,1H3. The third-order valence-electron chi connectivity index (χ3n) is 3.06. The van der Waals surface area contributed by atoms with E-state index in [1.54, 1.807) is 36.4 Å². The van der Waals surface area contributed by atoms with Gasteiger partial charge in [0.25, 0.3) is 5.91 Å². The first kappa shape index (κ1) is 17.0. The summed E-state index contributed by atoms with van der Waals surface area (Å²) in [5, 5.41) is 0.780. The SMILES string of the molecule is CN(C(=O)N(C(=O)C=O)c1cccc(Cl)c1)c1cccc(Cl)c1. The van der Waals surface area contributed by atoms with E-state index in [2.05, 4.69) is 0 Å². The van der Waals surface area contributed by atoms with Crippen LogP contribution < -0.4 is 9.80 Å². The number of halogens is 2. The Labute approximate surface area is 143 Å². The third kappa shape index (κ3) is 3.88. The van der Waals surface area contributed by atoms with E-state index in [-0.39, 0.29) is 12.0 Å². The van der Waals surface area contributed by atoms with Gasteiger partial charge >= 0.3 is 6.03 Å². The minimum absolute atomic E-state index is 0.0740. The molecule has 3 amide bonds. The number of nitrogens with zero attached hydrogens (tertiary/aromatic N) is 2. The summed E-state index contributed by atoms with van der Waals surface area (Å²) in [6, 6.07) is 12.0. The number of rotatable bonds is 3. The Morgan fingerprint density at radius 2 is 1.48 bits per heavy atom. The van der Waals surface area contributed by atoms with Gasteiger partial charge in [-0.1, -0.05) is 35.3 Å². The fourth-order valence-corrected chi connectivity index (χ4v) is 2.31. The number of hydrogen-bond donors (Lipinski definition) is 0. The summed E-state index contributed by atoms with van der Waals surface area (Å²) in [7, 11) is 1.48. The molecule has 0 aliphatic heterocycles. The van der Waals surface area contributed by atoms with Gasteiger partial charge in [-0.3, -0.25) is 14.5 Å². The van der Waals surface area contributed by atoms with Crippen LogP contribution in [-0.2, 0) is 9.59 Å². The van der Waals surface area contributed by atoms with Gasteiger partial charge in [-0.15, -0.1) is 0 Å². The molecule has 2 aromatic rings. The van der Waals surface area contributed by atoms with Crippen LogP contribution in [0.25, 0.3) is 0 Å². The average Bonchev–Trinajstić information content (AvgIpc) is 2.54. The van der Waals surface area contributed by atoms with Crippen molar-refractivity contribution in [2.45, 2.75) is 0 Å². The van der Waals surface area contributed by atoms with Crippen LogP contribution >= 0.6 is 23.2 Å². The van der Waals surface area contributed by atoms with Crippen LogP contribution in [0.1, 0.15) is 0 Å². The molecule has 0 radical (unpaired) electrons. The number of benzene rings is 2. The van der Waals surface area contributed by atoms with Crippen LogP contribution in [0.5, 0.6) is 0 Å². The normalized spacial score (nSPS) is 10.0. The molecule has 2 rings (SSSR count). The second kappa shape index (κ2) is 7.26. The zero-order valence-corrected chi connectivity index (χ0v) is 13.6.